The maximum Gasteiger partial charge on any atom is 0.325 e. The summed E-state index contributed by atoms with van der Waals surface area (Å²) in [5.41, 5.74) is 2.28. The molecule has 4 nitrogen and oxygen atoms in total. The molecule has 0 unspecified atom stereocenters. The first-order valence-corrected chi connectivity index (χ1v) is 8.47. The van der Waals surface area contributed by atoms with Gasteiger partial charge in [-0.2, -0.15) is 0 Å². The number of hydrogen-bond acceptors (Lipinski definition) is 2. The third-order valence-corrected chi connectivity index (χ3v) is 4.40. The number of nitrogens with zero attached hydrogens (tertiary/aromatic N) is 1. The van der Waals surface area contributed by atoms with Gasteiger partial charge in [0.2, 0.25) is 0 Å². The second kappa shape index (κ2) is 8.62. The lowest BCUT2D eigenvalue weighted by molar-refractivity contribution is -0.135. The van der Waals surface area contributed by atoms with Gasteiger partial charge in [-0.25, -0.2) is 4.39 Å². The van der Waals surface area contributed by atoms with Crippen LogP contribution in [0.1, 0.15) is 50.2 Å². The standard InChI is InChI=1S/C19H25FN2O2/c1-3-17(15-9-10-16(20)13(2)11-15)22-19(21-12-18(23)24)14-7-5-4-6-8-14/h3,9-11,14H,4-8,12H2,1-2H3,(H,21,22)(H,23,24). The van der Waals surface area contributed by atoms with Gasteiger partial charge in [-0.1, -0.05) is 25.3 Å². The predicted octanol–water partition coefficient (Wildman–Crippen LogP) is 4.15. The molecule has 0 amide bonds. The molecule has 24 heavy (non-hydrogen) atoms. The van der Waals surface area contributed by atoms with Crippen LogP contribution in [0.4, 0.5) is 4.39 Å². The predicted molar refractivity (Wildman–Crippen MR) is 94.4 cm³/mol. The number of carbonyl (C=O) groups is 1. The fourth-order valence-electron chi connectivity index (χ4n) is 3.06. The lowest BCUT2D eigenvalue weighted by Gasteiger charge is -2.25. The van der Waals surface area contributed by atoms with Gasteiger partial charge in [0.1, 0.15) is 18.2 Å². The Hall–Kier alpha value is -2.17. The van der Waals surface area contributed by atoms with Crippen molar-refractivity contribution in [2.24, 2.45) is 10.9 Å². The largest absolute Gasteiger partial charge is 0.480 e. The average Bonchev–Trinajstić information content (AvgIpc) is 2.58. The number of carboxylic acids is 1. The number of aliphatic carboxylic acids is 1. The third-order valence-electron chi connectivity index (χ3n) is 4.40. The number of halogens is 1. The molecule has 2 N–H and O–H groups in total. The fourth-order valence-corrected chi connectivity index (χ4v) is 3.06. The Kier molecular flexibility index (Phi) is 6.53. The SMILES string of the molecule is CC=C(NC(=NCC(=O)O)C1CCCCC1)c1ccc(F)c(C)c1. The number of allylic oxidation sites excluding steroid dienone is 1. The smallest absolute Gasteiger partial charge is 0.325 e. The number of carboxylic acid groups (broad SMARTS) is 1. The van der Waals surface area contributed by atoms with Crippen LogP contribution in [0, 0.1) is 18.7 Å². The van der Waals surface area contributed by atoms with Crippen LogP contribution in [0.25, 0.3) is 5.70 Å². The van der Waals surface area contributed by atoms with E-state index in [0.717, 1.165) is 42.8 Å². The van der Waals surface area contributed by atoms with Crippen molar-refractivity contribution in [3.8, 4) is 0 Å². The molecular weight excluding hydrogens is 307 g/mol. The van der Waals surface area contributed by atoms with Gasteiger partial charge in [0.25, 0.3) is 0 Å². The molecule has 0 saturated heterocycles. The summed E-state index contributed by atoms with van der Waals surface area (Å²) in [6.07, 6.45) is 7.44. The van der Waals surface area contributed by atoms with E-state index in [4.69, 9.17) is 5.11 Å². The van der Waals surface area contributed by atoms with Crippen molar-refractivity contribution in [1.82, 2.24) is 5.32 Å². The number of nitrogens with one attached hydrogen (secondary N) is 1. The minimum Gasteiger partial charge on any atom is -0.480 e. The molecule has 1 fully saturated rings. The van der Waals surface area contributed by atoms with E-state index in [1.165, 1.54) is 12.5 Å². The van der Waals surface area contributed by atoms with Gasteiger partial charge in [-0.05, 0) is 56.0 Å². The molecule has 1 aromatic rings. The maximum absolute atomic E-state index is 13.5. The van der Waals surface area contributed by atoms with Crippen molar-refractivity contribution >= 4 is 17.5 Å². The number of aryl methyl sites for hydroxylation is 1. The molecule has 130 valence electrons. The molecule has 2 rings (SSSR count). The van der Waals surface area contributed by atoms with Crippen molar-refractivity contribution < 1.29 is 14.3 Å². The van der Waals surface area contributed by atoms with Crippen LogP contribution in [-0.4, -0.2) is 23.5 Å². The zero-order chi connectivity index (χ0) is 17.5. The van der Waals surface area contributed by atoms with E-state index < -0.39 is 5.97 Å². The van der Waals surface area contributed by atoms with Crippen LogP contribution in [-0.2, 0) is 4.79 Å². The summed E-state index contributed by atoms with van der Waals surface area (Å²) in [5, 5.41) is 12.3. The molecule has 1 aromatic carbocycles. The van der Waals surface area contributed by atoms with E-state index in [2.05, 4.69) is 10.3 Å². The number of hydrogen-bond donors (Lipinski definition) is 2. The lowest BCUT2D eigenvalue weighted by Crippen LogP contribution is -2.32. The molecule has 1 saturated carbocycles. The Morgan fingerprint density at radius 1 is 1.38 bits per heavy atom. The quantitative estimate of drug-likeness (QED) is 0.629. The van der Waals surface area contributed by atoms with E-state index in [-0.39, 0.29) is 18.3 Å². The molecular formula is C19H25FN2O2. The minimum absolute atomic E-state index is 0.235. The van der Waals surface area contributed by atoms with E-state index in [0.29, 0.717) is 5.56 Å². The fraction of sp³-hybridized carbons (Fsp3) is 0.474. The summed E-state index contributed by atoms with van der Waals surface area (Å²) < 4.78 is 13.5. The van der Waals surface area contributed by atoms with E-state index in [1.54, 1.807) is 19.1 Å². The molecule has 0 aliphatic heterocycles. The van der Waals surface area contributed by atoms with Gasteiger partial charge in [0.05, 0.1) is 0 Å². The summed E-state index contributed by atoms with van der Waals surface area (Å²) in [6, 6.07) is 4.96. The van der Waals surface area contributed by atoms with Crippen molar-refractivity contribution in [1.29, 1.82) is 0 Å². The zero-order valence-corrected chi connectivity index (χ0v) is 14.3. The van der Waals surface area contributed by atoms with Crippen molar-refractivity contribution in [3.63, 3.8) is 0 Å². The first kappa shape index (κ1) is 18.2. The number of amidine groups is 1. The Morgan fingerprint density at radius 2 is 2.08 bits per heavy atom. The van der Waals surface area contributed by atoms with Crippen molar-refractivity contribution in [2.45, 2.75) is 46.0 Å². The van der Waals surface area contributed by atoms with Crippen LogP contribution in [0.5, 0.6) is 0 Å². The van der Waals surface area contributed by atoms with Crippen LogP contribution < -0.4 is 5.32 Å². The molecule has 1 aliphatic carbocycles. The van der Waals surface area contributed by atoms with E-state index in [1.807, 2.05) is 13.0 Å². The topological polar surface area (TPSA) is 61.7 Å². The van der Waals surface area contributed by atoms with Crippen LogP contribution in [0.15, 0.2) is 29.3 Å². The molecule has 1 aliphatic rings. The van der Waals surface area contributed by atoms with Gasteiger partial charge in [0.15, 0.2) is 0 Å². The van der Waals surface area contributed by atoms with Gasteiger partial charge < -0.3 is 10.4 Å². The van der Waals surface area contributed by atoms with Gasteiger partial charge in [0, 0.05) is 11.6 Å². The number of aliphatic imine (C=N–C) groups is 1. The van der Waals surface area contributed by atoms with Gasteiger partial charge in [-0.3, -0.25) is 9.79 Å². The Labute approximate surface area is 142 Å². The highest BCUT2D eigenvalue weighted by atomic mass is 19.1. The lowest BCUT2D eigenvalue weighted by atomic mass is 9.88. The van der Waals surface area contributed by atoms with Gasteiger partial charge >= 0.3 is 5.97 Å². The second-order valence-electron chi connectivity index (χ2n) is 6.22. The van der Waals surface area contributed by atoms with Crippen molar-refractivity contribution in [2.75, 3.05) is 6.54 Å². The second-order valence-corrected chi connectivity index (χ2v) is 6.22. The molecule has 0 aromatic heterocycles. The zero-order valence-electron chi connectivity index (χ0n) is 14.3. The van der Waals surface area contributed by atoms with E-state index in [9.17, 15) is 9.18 Å². The number of benzene rings is 1. The van der Waals surface area contributed by atoms with Crippen LogP contribution in [0.3, 0.4) is 0 Å². The summed E-state index contributed by atoms with van der Waals surface area (Å²) in [7, 11) is 0. The normalized spacial score (nSPS) is 17.0. The molecule has 0 atom stereocenters. The molecule has 0 spiro atoms. The highest BCUT2D eigenvalue weighted by Crippen LogP contribution is 2.26. The number of rotatable bonds is 5. The van der Waals surface area contributed by atoms with Crippen LogP contribution >= 0.6 is 0 Å². The molecule has 5 heteroatoms. The maximum atomic E-state index is 13.5. The van der Waals surface area contributed by atoms with Gasteiger partial charge in [-0.15, -0.1) is 0 Å². The summed E-state index contributed by atoms with van der Waals surface area (Å²) in [4.78, 5) is 15.2. The Balaban J connectivity index is 2.23. The molecule has 0 bridgehead atoms. The monoisotopic (exact) mass is 332 g/mol. The summed E-state index contributed by atoms with van der Waals surface area (Å²) in [6.45, 7) is 3.39. The highest BCUT2D eigenvalue weighted by Gasteiger charge is 2.20. The summed E-state index contributed by atoms with van der Waals surface area (Å²) in [5.74, 6) is -0.187. The highest BCUT2D eigenvalue weighted by molar-refractivity contribution is 5.93. The molecule has 0 radical (unpaired) electrons. The first-order chi connectivity index (χ1) is 11.5. The third kappa shape index (κ3) is 4.91. The summed E-state index contributed by atoms with van der Waals surface area (Å²) >= 11 is 0. The van der Waals surface area contributed by atoms with Crippen LogP contribution in [0.2, 0.25) is 0 Å². The molecule has 0 heterocycles. The average molecular weight is 332 g/mol. The first-order valence-electron chi connectivity index (χ1n) is 8.47. The minimum atomic E-state index is -0.940. The Morgan fingerprint density at radius 3 is 2.67 bits per heavy atom. The Bertz CT molecular complexity index is 647. The van der Waals surface area contributed by atoms with Crippen molar-refractivity contribution in [3.05, 3.63) is 41.2 Å². The van der Waals surface area contributed by atoms with E-state index >= 15 is 0 Å².